The molecule has 2 unspecified atom stereocenters. The number of aromatic amines is 1. The number of fused-ring (bicyclic) bond motifs is 6. The van der Waals surface area contributed by atoms with Crippen molar-refractivity contribution in [2.24, 2.45) is 0 Å². The van der Waals surface area contributed by atoms with Crippen molar-refractivity contribution in [2.45, 2.75) is 44.2 Å². The fourth-order valence-corrected chi connectivity index (χ4v) is 6.95. The van der Waals surface area contributed by atoms with Crippen molar-refractivity contribution in [3.05, 3.63) is 76.5 Å². The zero-order chi connectivity index (χ0) is 26.5. The van der Waals surface area contributed by atoms with Crippen LogP contribution in [0.25, 0.3) is 10.9 Å². The Morgan fingerprint density at radius 2 is 1.82 bits per heavy atom. The molecule has 39 heavy (non-hydrogen) atoms. The van der Waals surface area contributed by atoms with Crippen LogP contribution in [0.4, 0.5) is 0 Å². The highest BCUT2D eigenvalue weighted by Crippen LogP contribution is 2.53. The number of hydrogen-bond donors (Lipinski definition) is 1. The van der Waals surface area contributed by atoms with Crippen molar-refractivity contribution in [1.82, 2.24) is 9.88 Å². The van der Waals surface area contributed by atoms with Gasteiger partial charge in [0.15, 0.2) is 23.0 Å². The van der Waals surface area contributed by atoms with Gasteiger partial charge in [0.05, 0.1) is 21.3 Å². The van der Waals surface area contributed by atoms with Gasteiger partial charge in [-0.15, -0.1) is 0 Å². The van der Waals surface area contributed by atoms with E-state index in [4.69, 9.17) is 23.7 Å². The molecule has 4 aromatic rings. The van der Waals surface area contributed by atoms with Gasteiger partial charge in [-0.05, 0) is 84.3 Å². The van der Waals surface area contributed by atoms with Crippen molar-refractivity contribution in [1.29, 1.82) is 0 Å². The summed E-state index contributed by atoms with van der Waals surface area (Å²) in [7, 11) is 5.18. The molecular weight excluding hydrogens is 492 g/mol. The minimum atomic E-state index is 0.275. The minimum Gasteiger partial charge on any atom is -0.497 e. The standard InChI is InChI=1S/C32H34N2O5/c1-35-21-7-9-27-24(14-21)20(16-33-27)5-4-6-23-22-8-10-28(36-2)32(37-3)26(22)17-34-12-11-19-13-29-30(39-18-38-29)15-25(19)31(23)34/h7-10,13-16,23,31,33H,4-6,11-12,17-18H2,1-3H3. The summed E-state index contributed by atoms with van der Waals surface area (Å²) in [5.41, 5.74) is 7.83. The van der Waals surface area contributed by atoms with Gasteiger partial charge in [-0.1, -0.05) is 6.07 Å². The van der Waals surface area contributed by atoms with E-state index in [1.54, 1.807) is 21.3 Å². The number of ether oxygens (including phenoxy) is 5. The average molecular weight is 527 g/mol. The van der Waals surface area contributed by atoms with Crippen molar-refractivity contribution in [3.8, 4) is 28.7 Å². The van der Waals surface area contributed by atoms with Crippen LogP contribution in [0.2, 0.25) is 0 Å². The fourth-order valence-electron chi connectivity index (χ4n) is 6.95. The van der Waals surface area contributed by atoms with Crippen LogP contribution < -0.4 is 23.7 Å². The molecule has 0 amide bonds. The third-order valence-electron chi connectivity index (χ3n) is 8.78. The fraction of sp³-hybridized carbons (Fsp3) is 0.375. The number of benzene rings is 3. The second kappa shape index (κ2) is 9.72. The Balaban J connectivity index is 1.26. The Kier molecular flexibility index (Phi) is 6.04. The molecule has 0 saturated carbocycles. The van der Waals surface area contributed by atoms with Crippen LogP contribution in [0.15, 0.2) is 48.7 Å². The summed E-state index contributed by atoms with van der Waals surface area (Å²) >= 11 is 0. The van der Waals surface area contributed by atoms with E-state index in [-0.39, 0.29) is 6.04 Å². The third-order valence-corrected chi connectivity index (χ3v) is 8.78. The lowest BCUT2D eigenvalue weighted by Gasteiger charge is -2.46. The van der Waals surface area contributed by atoms with Crippen molar-refractivity contribution >= 4 is 10.9 Å². The molecule has 3 aromatic carbocycles. The lowest BCUT2D eigenvalue weighted by atomic mass is 9.74. The van der Waals surface area contributed by atoms with E-state index in [1.807, 2.05) is 6.07 Å². The topological polar surface area (TPSA) is 65.2 Å². The summed E-state index contributed by atoms with van der Waals surface area (Å²) < 4.78 is 28.6. The van der Waals surface area contributed by atoms with Crippen LogP contribution in [0, 0.1) is 0 Å². The van der Waals surface area contributed by atoms with Crippen LogP contribution in [-0.2, 0) is 19.4 Å². The first-order valence-corrected chi connectivity index (χ1v) is 13.7. The molecular formula is C32H34N2O5. The molecule has 202 valence electrons. The number of nitrogens with one attached hydrogen (secondary N) is 1. The molecule has 7 heteroatoms. The molecule has 2 atom stereocenters. The zero-order valence-corrected chi connectivity index (χ0v) is 22.7. The highest BCUT2D eigenvalue weighted by atomic mass is 16.7. The van der Waals surface area contributed by atoms with E-state index in [2.05, 4.69) is 52.5 Å². The average Bonchev–Trinajstić information content (AvgIpc) is 3.60. The maximum Gasteiger partial charge on any atom is 0.231 e. The quantitative estimate of drug-likeness (QED) is 0.312. The monoisotopic (exact) mass is 526 g/mol. The van der Waals surface area contributed by atoms with Crippen LogP contribution in [0.3, 0.4) is 0 Å². The van der Waals surface area contributed by atoms with E-state index in [9.17, 15) is 0 Å². The summed E-state index contributed by atoms with van der Waals surface area (Å²) in [4.78, 5) is 6.05. The Hall–Kier alpha value is -3.84. The SMILES string of the molecule is COc1ccc2[nH]cc(CCCC3c4ccc(OC)c(OC)c4CN4CCc5cc6c(cc5C34)OCO6)c2c1. The first-order chi connectivity index (χ1) is 19.2. The summed E-state index contributed by atoms with van der Waals surface area (Å²) in [5, 5.41) is 1.24. The van der Waals surface area contributed by atoms with Gasteiger partial charge in [-0.3, -0.25) is 4.90 Å². The van der Waals surface area contributed by atoms with Crippen molar-refractivity contribution in [3.63, 3.8) is 0 Å². The second-order valence-electron chi connectivity index (χ2n) is 10.7. The Labute approximate surface area is 228 Å². The van der Waals surface area contributed by atoms with Gasteiger partial charge < -0.3 is 28.7 Å². The normalized spacial score (nSPS) is 19.4. The molecule has 0 aliphatic carbocycles. The van der Waals surface area contributed by atoms with Crippen molar-refractivity contribution < 1.29 is 23.7 Å². The Morgan fingerprint density at radius 3 is 2.64 bits per heavy atom. The number of hydrogen-bond acceptors (Lipinski definition) is 6. The lowest BCUT2D eigenvalue weighted by Crippen LogP contribution is -2.42. The van der Waals surface area contributed by atoms with Gasteiger partial charge >= 0.3 is 0 Å². The molecule has 7 nitrogen and oxygen atoms in total. The number of nitrogens with zero attached hydrogens (tertiary/aromatic N) is 1. The molecule has 7 rings (SSSR count). The first-order valence-electron chi connectivity index (χ1n) is 13.7. The van der Waals surface area contributed by atoms with Gasteiger partial charge in [-0.2, -0.15) is 0 Å². The number of aromatic nitrogens is 1. The van der Waals surface area contributed by atoms with Crippen LogP contribution in [0.5, 0.6) is 28.7 Å². The highest BCUT2D eigenvalue weighted by Gasteiger charge is 2.41. The Bertz CT molecular complexity index is 1540. The van der Waals surface area contributed by atoms with Crippen molar-refractivity contribution in [2.75, 3.05) is 34.7 Å². The molecule has 1 N–H and O–H groups in total. The maximum atomic E-state index is 5.92. The Morgan fingerprint density at radius 1 is 0.949 bits per heavy atom. The van der Waals surface area contributed by atoms with Crippen LogP contribution >= 0.6 is 0 Å². The van der Waals surface area contributed by atoms with Gasteiger partial charge in [-0.25, -0.2) is 0 Å². The van der Waals surface area contributed by atoms with Crippen LogP contribution in [0.1, 0.15) is 52.6 Å². The van der Waals surface area contributed by atoms with Crippen LogP contribution in [-0.4, -0.2) is 44.6 Å². The number of H-pyrrole nitrogens is 1. The van der Waals surface area contributed by atoms with Gasteiger partial charge in [0.2, 0.25) is 6.79 Å². The summed E-state index contributed by atoms with van der Waals surface area (Å²) in [6.45, 7) is 2.13. The zero-order valence-electron chi connectivity index (χ0n) is 22.7. The molecule has 0 radical (unpaired) electrons. The van der Waals surface area contributed by atoms with E-state index >= 15 is 0 Å². The first kappa shape index (κ1) is 24.2. The smallest absolute Gasteiger partial charge is 0.231 e. The molecule has 0 spiro atoms. The highest BCUT2D eigenvalue weighted by molar-refractivity contribution is 5.84. The molecule has 0 bridgehead atoms. The van der Waals surface area contributed by atoms with E-state index < -0.39 is 0 Å². The number of rotatable bonds is 7. The lowest BCUT2D eigenvalue weighted by molar-refractivity contribution is 0.126. The van der Waals surface area contributed by atoms with E-state index in [0.717, 1.165) is 73.0 Å². The molecule has 1 aromatic heterocycles. The predicted octanol–water partition coefficient (Wildman–Crippen LogP) is 6.14. The molecule has 0 saturated heterocycles. The molecule has 3 aliphatic rings. The summed E-state index contributed by atoms with van der Waals surface area (Å²) in [5.74, 6) is 4.59. The van der Waals surface area contributed by atoms with E-state index in [0.29, 0.717) is 12.7 Å². The van der Waals surface area contributed by atoms with Gasteiger partial charge in [0, 0.05) is 47.7 Å². The largest absolute Gasteiger partial charge is 0.497 e. The van der Waals surface area contributed by atoms with Gasteiger partial charge in [0.25, 0.3) is 0 Å². The summed E-state index contributed by atoms with van der Waals surface area (Å²) in [6.07, 6.45) is 6.25. The third kappa shape index (κ3) is 3.98. The molecule has 4 heterocycles. The molecule has 3 aliphatic heterocycles. The molecule has 0 fully saturated rings. The minimum absolute atomic E-state index is 0.275. The van der Waals surface area contributed by atoms with E-state index in [1.165, 1.54) is 33.2 Å². The number of aryl methyl sites for hydroxylation is 1. The number of methoxy groups -OCH3 is 3. The van der Waals surface area contributed by atoms with Gasteiger partial charge in [0.1, 0.15) is 5.75 Å². The second-order valence-corrected chi connectivity index (χ2v) is 10.7. The summed E-state index contributed by atoms with van der Waals surface area (Å²) in [6, 6.07) is 15.3. The maximum absolute atomic E-state index is 5.92. The predicted molar refractivity (Wildman–Crippen MR) is 149 cm³/mol.